The van der Waals surface area contributed by atoms with E-state index in [1.165, 1.54) is 6.26 Å². The van der Waals surface area contributed by atoms with Gasteiger partial charge in [0.1, 0.15) is 5.69 Å². The Morgan fingerprint density at radius 3 is 2.57 bits per heavy atom. The number of aromatic nitrogens is 1. The first-order chi connectivity index (χ1) is 14.6. The molecule has 152 valence electrons. The van der Waals surface area contributed by atoms with Crippen LogP contribution in [-0.4, -0.2) is 34.4 Å². The van der Waals surface area contributed by atoms with E-state index in [9.17, 15) is 14.4 Å². The van der Waals surface area contributed by atoms with Gasteiger partial charge in [-0.2, -0.15) is 0 Å². The van der Waals surface area contributed by atoms with Crippen molar-refractivity contribution in [1.82, 2.24) is 9.47 Å². The maximum atomic E-state index is 13.0. The second-order valence-corrected chi connectivity index (χ2v) is 7.89. The zero-order valence-corrected chi connectivity index (χ0v) is 16.3. The quantitative estimate of drug-likeness (QED) is 0.729. The molecule has 0 saturated carbocycles. The summed E-state index contributed by atoms with van der Waals surface area (Å²) in [7, 11) is 0. The number of carbonyl (C=O) groups is 2. The summed E-state index contributed by atoms with van der Waals surface area (Å²) in [5.41, 5.74) is 1.62. The van der Waals surface area contributed by atoms with Gasteiger partial charge < -0.3 is 19.2 Å². The predicted molar refractivity (Wildman–Crippen MR) is 111 cm³/mol. The van der Waals surface area contributed by atoms with Crippen molar-refractivity contribution in [3.05, 3.63) is 88.2 Å². The van der Waals surface area contributed by atoms with Crippen LogP contribution in [0.25, 0.3) is 0 Å². The molecule has 1 aromatic carbocycles. The molecule has 5 rings (SSSR count). The van der Waals surface area contributed by atoms with Gasteiger partial charge in [-0.1, -0.05) is 18.2 Å². The van der Waals surface area contributed by atoms with Crippen molar-refractivity contribution in [3.63, 3.8) is 0 Å². The average molecular weight is 403 g/mol. The van der Waals surface area contributed by atoms with Gasteiger partial charge in [-0.3, -0.25) is 14.4 Å². The number of amides is 2. The Morgan fingerprint density at radius 1 is 0.967 bits per heavy atom. The van der Waals surface area contributed by atoms with Crippen molar-refractivity contribution >= 4 is 17.5 Å². The number of piperidine rings is 1. The zero-order chi connectivity index (χ0) is 20.7. The number of hydrogen-bond donors (Lipinski definition) is 1. The summed E-state index contributed by atoms with van der Waals surface area (Å²) in [6.45, 7) is 1.74. The Kier molecular flexibility index (Phi) is 4.50. The predicted octanol–water partition coefficient (Wildman–Crippen LogP) is 2.95. The number of pyridine rings is 1. The molecule has 0 radical (unpaired) electrons. The Bertz CT molecular complexity index is 1150. The van der Waals surface area contributed by atoms with Crippen LogP contribution in [0.5, 0.6) is 0 Å². The summed E-state index contributed by atoms with van der Waals surface area (Å²) in [6, 6.07) is 16.0. The lowest BCUT2D eigenvalue weighted by atomic mass is 9.83. The minimum Gasteiger partial charge on any atom is -0.459 e. The molecule has 2 aromatic heterocycles. The summed E-state index contributed by atoms with van der Waals surface area (Å²) in [5.74, 6) is 0.0473. The normalized spacial score (nSPS) is 19.8. The first-order valence-electron chi connectivity index (χ1n) is 10.0. The molecule has 0 unspecified atom stereocenters. The van der Waals surface area contributed by atoms with Gasteiger partial charge in [0.15, 0.2) is 5.76 Å². The van der Waals surface area contributed by atoms with Crippen LogP contribution < -0.4 is 10.9 Å². The van der Waals surface area contributed by atoms with E-state index in [2.05, 4.69) is 5.32 Å². The first-order valence-corrected chi connectivity index (χ1v) is 10.0. The summed E-state index contributed by atoms with van der Waals surface area (Å²) in [5, 5.41) is 2.65. The van der Waals surface area contributed by atoms with Crippen LogP contribution in [0.3, 0.4) is 0 Å². The average Bonchev–Trinajstić information content (AvgIpc) is 3.31. The number of anilines is 1. The Balaban J connectivity index is 1.39. The summed E-state index contributed by atoms with van der Waals surface area (Å²) < 4.78 is 6.84. The fraction of sp³-hybridized carbons (Fsp3) is 0.261. The van der Waals surface area contributed by atoms with Crippen LogP contribution in [0, 0.1) is 5.92 Å². The van der Waals surface area contributed by atoms with Gasteiger partial charge in [0, 0.05) is 36.8 Å². The molecule has 2 amide bonds. The van der Waals surface area contributed by atoms with Gasteiger partial charge >= 0.3 is 0 Å². The largest absolute Gasteiger partial charge is 0.459 e. The third-order valence-electron chi connectivity index (χ3n) is 5.91. The lowest BCUT2D eigenvalue weighted by Crippen LogP contribution is -2.49. The van der Waals surface area contributed by atoms with E-state index < -0.39 is 5.91 Å². The van der Waals surface area contributed by atoms with E-state index in [4.69, 9.17) is 4.42 Å². The number of carbonyl (C=O) groups excluding carboxylic acids is 2. The maximum Gasteiger partial charge on any atom is 0.291 e. The summed E-state index contributed by atoms with van der Waals surface area (Å²) in [6.07, 6.45) is 2.37. The molecule has 30 heavy (non-hydrogen) atoms. The highest BCUT2D eigenvalue weighted by Crippen LogP contribution is 2.36. The van der Waals surface area contributed by atoms with Crippen LogP contribution in [0.4, 0.5) is 5.69 Å². The molecule has 7 heteroatoms. The molecule has 2 aliphatic heterocycles. The van der Waals surface area contributed by atoms with Crippen LogP contribution >= 0.6 is 0 Å². The van der Waals surface area contributed by atoms with Gasteiger partial charge in [-0.15, -0.1) is 0 Å². The molecule has 1 N–H and O–H groups in total. The number of furan rings is 1. The van der Waals surface area contributed by atoms with Crippen LogP contribution in [0.1, 0.15) is 38.9 Å². The zero-order valence-electron chi connectivity index (χ0n) is 16.3. The smallest absolute Gasteiger partial charge is 0.291 e. The second kappa shape index (κ2) is 7.33. The van der Waals surface area contributed by atoms with Crippen molar-refractivity contribution < 1.29 is 14.0 Å². The number of likely N-dealkylation sites (tertiary alicyclic amines) is 1. The van der Waals surface area contributed by atoms with Crippen LogP contribution in [0.15, 0.2) is 70.1 Å². The van der Waals surface area contributed by atoms with Crippen molar-refractivity contribution in [1.29, 1.82) is 0 Å². The number of nitrogens with one attached hydrogen (secondary N) is 1. The summed E-state index contributed by atoms with van der Waals surface area (Å²) >= 11 is 0. The Labute approximate surface area is 172 Å². The lowest BCUT2D eigenvalue weighted by Gasteiger charge is -2.43. The molecule has 1 fully saturated rings. The number of hydrogen-bond acceptors (Lipinski definition) is 4. The van der Waals surface area contributed by atoms with Crippen LogP contribution in [-0.2, 0) is 6.54 Å². The third-order valence-corrected chi connectivity index (χ3v) is 5.91. The van der Waals surface area contributed by atoms with Gasteiger partial charge in [0.25, 0.3) is 17.4 Å². The molecular weight excluding hydrogens is 382 g/mol. The molecule has 1 saturated heterocycles. The topological polar surface area (TPSA) is 84.5 Å². The Hall–Kier alpha value is -3.61. The highest BCUT2D eigenvalue weighted by Gasteiger charge is 2.37. The standard InChI is InChI=1S/C23H21N3O4/c27-21(20-7-4-10-30-20)24-18-8-9-19-17-11-15(13-26(19)23(18)29)12-25(14-17)22(28)16-5-2-1-3-6-16/h1-10,15,17H,11-14H2,(H,24,27)/t15-,17+/m0/s1. The van der Waals surface area contributed by atoms with Gasteiger partial charge in [0.05, 0.1) is 6.26 Å². The van der Waals surface area contributed by atoms with Crippen LogP contribution in [0.2, 0.25) is 0 Å². The highest BCUT2D eigenvalue weighted by molar-refractivity contribution is 6.02. The summed E-state index contributed by atoms with van der Waals surface area (Å²) in [4.78, 5) is 40.1. The van der Waals surface area contributed by atoms with E-state index >= 15 is 0 Å². The lowest BCUT2D eigenvalue weighted by molar-refractivity contribution is 0.0594. The molecular formula is C23H21N3O4. The molecule has 4 heterocycles. The van der Waals surface area contributed by atoms with E-state index in [1.54, 1.807) is 22.8 Å². The molecule has 3 aromatic rings. The van der Waals surface area contributed by atoms with E-state index in [0.29, 0.717) is 25.2 Å². The first kappa shape index (κ1) is 18.4. The van der Waals surface area contributed by atoms with E-state index in [0.717, 1.165) is 12.1 Å². The maximum absolute atomic E-state index is 13.0. The minimum atomic E-state index is -0.451. The molecule has 2 bridgehead atoms. The van der Waals surface area contributed by atoms with Gasteiger partial charge in [-0.05, 0) is 48.7 Å². The van der Waals surface area contributed by atoms with E-state index in [-0.39, 0.29) is 34.7 Å². The van der Waals surface area contributed by atoms with Crippen molar-refractivity contribution in [2.75, 3.05) is 18.4 Å². The highest BCUT2D eigenvalue weighted by atomic mass is 16.3. The fourth-order valence-corrected chi connectivity index (χ4v) is 4.56. The van der Waals surface area contributed by atoms with Crippen molar-refractivity contribution in [3.8, 4) is 0 Å². The number of fused-ring (bicyclic) bond motifs is 4. The third kappa shape index (κ3) is 3.22. The van der Waals surface area contributed by atoms with E-state index in [1.807, 2.05) is 41.3 Å². The SMILES string of the molecule is O=C(Nc1ccc2n(c1=O)C[C@H]1C[C@@H]2CN(C(=O)c2ccccc2)C1)c1ccco1. The van der Waals surface area contributed by atoms with Crippen molar-refractivity contribution in [2.24, 2.45) is 5.92 Å². The molecule has 2 atom stereocenters. The Morgan fingerprint density at radius 2 is 1.80 bits per heavy atom. The monoisotopic (exact) mass is 403 g/mol. The number of nitrogens with zero attached hydrogens (tertiary/aromatic N) is 2. The molecule has 7 nitrogen and oxygen atoms in total. The number of benzene rings is 1. The van der Waals surface area contributed by atoms with Crippen molar-refractivity contribution in [2.45, 2.75) is 18.9 Å². The number of rotatable bonds is 3. The molecule has 0 spiro atoms. The minimum absolute atomic E-state index is 0.0310. The van der Waals surface area contributed by atoms with Gasteiger partial charge in [0.2, 0.25) is 0 Å². The molecule has 2 aliphatic rings. The second-order valence-electron chi connectivity index (χ2n) is 7.89. The van der Waals surface area contributed by atoms with Gasteiger partial charge in [-0.25, -0.2) is 0 Å². The fourth-order valence-electron chi connectivity index (χ4n) is 4.56. The molecule has 0 aliphatic carbocycles.